The molecule has 0 bridgehead atoms. The number of rotatable bonds is 4. The summed E-state index contributed by atoms with van der Waals surface area (Å²) in [6.45, 7) is 7.06. The highest BCUT2D eigenvalue weighted by Gasteiger charge is 2.26. The van der Waals surface area contributed by atoms with Crippen LogP contribution in [0.1, 0.15) is 25.5 Å². The van der Waals surface area contributed by atoms with E-state index < -0.39 is 0 Å². The second-order valence-corrected chi connectivity index (χ2v) is 5.06. The minimum Gasteiger partial charge on any atom is -0.497 e. The van der Waals surface area contributed by atoms with Crippen LogP contribution in [-0.4, -0.2) is 44.9 Å². The van der Waals surface area contributed by atoms with Gasteiger partial charge >= 0.3 is 0 Å². The molecule has 2 rings (SSSR count). The van der Waals surface area contributed by atoms with Gasteiger partial charge in [-0.15, -0.1) is 0 Å². The Morgan fingerprint density at radius 3 is 2.68 bits per heavy atom. The maximum atomic E-state index is 5.91. The van der Waals surface area contributed by atoms with Crippen LogP contribution in [0, 0.1) is 0 Å². The first-order chi connectivity index (χ1) is 9.15. The Kier molecular flexibility index (Phi) is 4.66. The van der Waals surface area contributed by atoms with Crippen molar-refractivity contribution in [3.63, 3.8) is 0 Å². The van der Waals surface area contributed by atoms with Gasteiger partial charge in [0.05, 0.1) is 26.9 Å². The van der Waals surface area contributed by atoms with Gasteiger partial charge in [-0.25, -0.2) is 0 Å². The quantitative estimate of drug-likeness (QED) is 0.837. The molecule has 0 aliphatic carbocycles. The molecule has 1 aromatic rings. The summed E-state index contributed by atoms with van der Waals surface area (Å²) in [6, 6.07) is 6.38. The summed E-state index contributed by atoms with van der Waals surface area (Å²) in [5.74, 6) is 1.69. The second kappa shape index (κ2) is 6.26. The van der Waals surface area contributed by atoms with Crippen LogP contribution in [0.4, 0.5) is 0 Å². The third-order valence-corrected chi connectivity index (χ3v) is 3.61. The normalized spacial score (nSPS) is 20.6. The van der Waals surface area contributed by atoms with Gasteiger partial charge in [0.15, 0.2) is 0 Å². The molecule has 4 nitrogen and oxygen atoms in total. The predicted molar refractivity (Wildman–Crippen MR) is 74.9 cm³/mol. The van der Waals surface area contributed by atoms with Crippen molar-refractivity contribution in [3.05, 3.63) is 23.8 Å². The second-order valence-electron chi connectivity index (χ2n) is 5.06. The predicted octanol–water partition coefficient (Wildman–Crippen LogP) is 2.49. The van der Waals surface area contributed by atoms with E-state index in [0.717, 1.165) is 36.8 Å². The lowest BCUT2D eigenvalue weighted by atomic mass is 10.1. The molecule has 19 heavy (non-hydrogen) atoms. The van der Waals surface area contributed by atoms with Crippen LogP contribution in [0.3, 0.4) is 0 Å². The van der Waals surface area contributed by atoms with Crippen molar-refractivity contribution < 1.29 is 14.2 Å². The van der Waals surface area contributed by atoms with Crippen molar-refractivity contribution in [2.45, 2.75) is 26.0 Å². The highest BCUT2D eigenvalue weighted by molar-refractivity contribution is 5.42. The van der Waals surface area contributed by atoms with Gasteiger partial charge in [-0.05, 0) is 32.0 Å². The Morgan fingerprint density at radius 1 is 1.26 bits per heavy atom. The SMILES string of the molecule is COc1ccc(OC)c([C@@H]2CN(C(C)C)CCO2)c1. The van der Waals surface area contributed by atoms with E-state index >= 15 is 0 Å². The fraction of sp³-hybridized carbons (Fsp3) is 0.600. The van der Waals surface area contributed by atoms with Gasteiger partial charge in [0.2, 0.25) is 0 Å². The summed E-state index contributed by atoms with van der Waals surface area (Å²) >= 11 is 0. The smallest absolute Gasteiger partial charge is 0.124 e. The van der Waals surface area contributed by atoms with Crippen LogP contribution >= 0.6 is 0 Å². The summed E-state index contributed by atoms with van der Waals surface area (Å²) in [7, 11) is 3.36. The first-order valence-corrected chi connectivity index (χ1v) is 6.73. The lowest BCUT2D eigenvalue weighted by Gasteiger charge is -2.36. The van der Waals surface area contributed by atoms with Crippen molar-refractivity contribution >= 4 is 0 Å². The van der Waals surface area contributed by atoms with Gasteiger partial charge in [-0.2, -0.15) is 0 Å². The number of benzene rings is 1. The molecule has 0 aromatic heterocycles. The largest absolute Gasteiger partial charge is 0.497 e. The van der Waals surface area contributed by atoms with E-state index in [1.807, 2.05) is 18.2 Å². The van der Waals surface area contributed by atoms with Gasteiger partial charge in [-0.3, -0.25) is 4.90 Å². The van der Waals surface area contributed by atoms with Gasteiger partial charge in [0, 0.05) is 24.7 Å². The Morgan fingerprint density at radius 2 is 2.05 bits per heavy atom. The monoisotopic (exact) mass is 265 g/mol. The number of methoxy groups -OCH3 is 2. The molecule has 1 aliphatic rings. The van der Waals surface area contributed by atoms with Crippen LogP contribution in [0.25, 0.3) is 0 Å². The molecule has 1 aliphatic heterocycles. The van der Waals surface area contributed by atoms with Crippen LogP contribution < -0.4 is 9.47 Å². The zero-order valence-electron chi connectivity index (χ0n) is 12.2. The van der Waals surface area contributed by atoms with E-state index in [9.17, 15) is 0 Å². The Bertz CT molecular complexity index is 420. The highest BCUT2D eigenvalue weighted by Crippen LogP contribution is 2.33. The molecule has 0 N–H and O–H groups in total. The van der Waals surface area contributed by atoms with Gasteiger partial charge in [0.25, 0.3) is 0 Å². The third kappa shape index (κ3) is 3.19. The first-order valence-electron chi connectivity index (χ1n) is 6.73. The van der Waals surface area contributed by atoms with Crippen molar-refractivity contribution in [3.8, 4) is 11.5 Å². The fourth-order valence-electron chi connectivity index (χ4n) is 2.42. The van der Waals surface area contributed by atoms with Crippen LogP contribution in [-0.2, 0) is 4.74 Å². The van der Waals surface area contributed by atoms with Crippen LogP contribution in [0.5, 0.6) is 11.5 Å². The molecule has 0 radical (unpaired) electrons. The molecule has 1 atom stereocenters. The summed E-state index contributed by atoms with van der Waals surface area (Å²) in [5, 5.41) is 0. The summed E-state index contributed by atoms with van der Waals surface area (Å²) in [5.41, 5.74) is 1.06. The molecular weight excluding hydrogens is 242 g/mol. The molecule has 1 fully saturated rings. The van der Waals surface area contributed by atoms with E-state index in [0.29, 0.717) is 6.04 Å². The van der Waals surface area contributed by atoms with Crippen LogP contribution in [0.15, 0.2) is 18.2 Å². The number of hydrogen-bond donors (Lipinski definition) is 0. The Balaban J connectivity index is 2.24. The lowest BCUT2D eigenvalue weighted by molar-refractivity contribution is -0.0411. The summed E-state index contributed by atoms with van der Waals surface area (Å²) < 4.78 is 16.6. The van der Waals surface area contributed by atoms with E-state index in [-0.39, 0.29) is 6.10 Å². The van der Waals surface area contributed by atoms with Gasteiger partial charge < -0.3 is 14.2 Å². The zero-order valence-corrected chi connectivity index (χ0v) is 12.2. The van der Waals surface area contributed by atoms with E-state index in [1.165, 1.54) is 0 Å². The van der Waals surface area contributed by atoms with Crippen molar-refractivity contribution in [1.82, 2.24) is 4.90 Å². The van der Waals surface area contributed by atoms with Crippen molar-refractivity contribution in [1.29, 1.82) is 0 Å². The van der Waals surface area contributed by atoms with E-state index in [1.54, 1.807) is 14.2 Å². The number of nitrogens with zero attached hydrogens (tertiary/aromatic N) is 1. The fourth-order valence-corrected chi connectivity index (χ4v) is 2.42. The zero-order chi connectivity index (χ0) is 13.8. The molecule has 1 saturated heterocycles. The molecule has 0 saturated carbocycles. The maximum absolute atomic E-state index is 5.91. The maximum Gasteiger partial charge on any atom is 0.124 e. The minimum absolute atomic E-state index is 0.0428. The average Bonchev–Trinajstić information content (AvgIpc) is 2.46. The molecule has 106 valence electrons. The number of ether oxygens (including phenoxy) is 3. The third-order valence-electron chi connectivity index (χ3n) is 3.61. The van der Waals surface area contributed by atoms with Crippen molar-refractivity contribution in [2.24, 2.45) is 0 Å². The minimum atomic E-state index is 0.0428. The molecule has 0 spiro atoms. The number of morpholine rings is 1. The van der Waals surface area contributed by atoms with E-state index in [2.05, 4.69) is 18.7 Å². The highest BCUT2D eigenvalue weighted by atomic mass is 16.5. The molecule has 1 heterocycles. The standard InChI is InChI=1S/C15H23NO3/c1-11(2)16-7-8-19-15(10-16)13-9-12(17-3)5-6-14(13)18-4/h5-6,9,11,15H,7-8,10H2,1-4H3/t15-/m0/s1. The van der Waals surface area contributed by atoms with Gasteiger partial charge in [-0.1, -0.05) is 0 Å². The van der Waals surface area contributed by atoms with E-state index in [4.69, 9.17) is 14.2 Å². The molecular formula is C15H23NO3. The molecule has 0 amide bonds. The number of hydrogen-bond acceptors (Lipinski definition) is 4. The summed E-state index contributed by atoms with van der Waals surface area (Å²) in [4.78, 5) is 2.42. The molecule has 4 heteroatoms. The first kappa shape index (κ1) is 14.2. The topological polar surface area (TPSA) is 30.9 Å². The van der Waals surface area contributed by atoms with Crippen molar-refractivity contribution in [2.75, 3.05) is 33.9 Å². The van der Waals surface area contributed by atoms with Crippen LogP contribution in [0.2, 0.25) is 0 Å². The average molecular weight is 265 g/mol. The molecule has 1 aromatic carbocycles. The van der Waals surface area contributed by atoms with Gasteiger partial charge in [0.1, 0.15) is 11.5 Å². The lowest BCUT2D eigenvalue weighted by Crippen LogP contribution is -2.42. The molecule has 0 unspecified atom stereocenters. The Labute approximate surface area is 115 Å². The summed E-state index contributed by atoms with van der Waals surface area (Å²) in [6.07, 6.45) is 0.0428. The Hall–Kier alpha value is -1.26.